The molecule has 4 atom stereocenters. The first-order valence-corrected chi connectivity index (χ1v) is 14.7. The maximum absolute atomic E-state index is 13.6. The number of aromatic nitrogens is 1. The van der Waals surface area contributed by atoms with Crippen LogP contribution in [0.4, 0.5) is 0 Å². The Kier molecular flexibility index (Phi) is 7.35. The van der Waals surface area contributed by atoms with E-state index >= 15 is 0 Å². The van der Waals surface area contributed by atoms with Gasteiger partial charge in [-0.05, 0) is 76.2 Å². The van der Waals surface area contributed by atoms with Crippen LogP contribution in [-0.4, -0.2) is 66.4 Å². The zero-order valence-electron chi connectivity index (χ0n) is 20.7. The van der Waals surface area contributed by atoms with Gasteiger partial charge in [0.2, 0.25) is 5.91 Å². The Bertz CT molecular complexity index is 959. The van der Waals surface area contributed by atoms with Crippen molar-refractivity contribution >= 4 is 27.5 Å². The van der Waals surface area contributed by atoms with Gasteiger partial charge in [0.25, 0.3) is 0 Å². The standard InChI is InChI=1S/C27H40N6OS/c34-26-23(27-30-21-10-4-5-11-22(21)35-27)25(29-19-7-6-14-28-17-19)31-24(32-26)18-12-15-33(16-13-18)20-8-2-1-3-9-20/h4-5,10-11,18-20,23-25,28-29,31H,1-3,6-9,12-17H2,(H,32,34)/t19-,23?,24?,25?/m1/s1. The van der Waals surface area contributed by atoms with Gasteiger partial charge in [-0.1, -0.05) is 31.4 Å². The second-order valence-corrected chi connectivity index (χ2v) is 12.1. The number of carbonyl (C=O) groups is 1. The van der Waals surface area contributed by atoms with E-state index in [1.807, 2.05) is 18.2 Å². The maximum Gasteiger partial charge on any atom is 0.234 e. The van der Waals surface area contributed by atoms with E-state index < -0.39 is 0 Å². The molecule has 0 radical (unpaired) electrons. The molecule has 0 spiro atoms. The molecule has 7 nitrogen and oxygen atoms in total. The topological polar surface area (TPSA) is 81.3 Å². The average Bonchev–Trinajstić information content (AvgIpc) is 3.33. The van der Waals surface area contributed by atoms with Gasteiger partial charge < -0.3 is 15.5 Å². The van der Waals surface area contributed by atoms with Crippen LogP contribution in [0.5, 0.6) is 0 Å². The number of para-hydroxylation sites is 1. The minimum atomic E-state index is -0.312. The molecule has 4 heterocycles. The molecule has 1 aromatic heterocycles. The van der Waals surface area contributed by atoms with Crippen LogP contribution in [0.1, 0.15) is 68.7 Å². The summed E-state index contributed by atoms with van der Waals surface area (Å²) < 4.78 is 1.14. The summed E-state index contributed by atoms with van der Waals surface area (Å²) in [4.78, 5) is 21.3. The summed E-state index contributed by atoms with van der Waals surface area (Å²) in [6, 6.07) is 9.36. The summed E-state index contributed by atoms with van der Waals surface area (Å²) in [6.45, 7) is 4.36. The first-order chi connectivity index (χ1) is 17.2. The third kappa shape index (κ3) is 5.27. The maximum atomic E-state index is 13.6. The van der Waals surface area contributed by atoms with Crippen LogP contribution >= 0.6 is 11.3 Å². The van der Waals surface area contributed by atoms with Gasteiger partial charge >= 0.3 is 0 Å². The number of amides is 1. The Morgan fingerprint density at radius 3 is 2.60 bits per heavy atom. The van der Waals surface area contributed by atoms with E-state index in [1.54, 1.807) is 11.3 Å². The second-order valence-electron chi connectivity index (χ2n) is 11.0. The molecule has 8 heteroatoms. The molecule has 1 amide bonds. The number of nitrogens with one attached hydrogen (secondary N) is 4. The van der Waals surface area contributed by atoms with Crippen LogP contribution in [0, 0.1) is 5.92 Å². The highest BCUT2D eigenvalue weighted by Gasteiger charge is 2.43. The number of thiazole rings is 1. The summed E-state index contributed by atoms with van der Waals surface area (Å²) in [7, 11) is 0. The van der Waals surface area contributed by atoms with Crippen molar-refractivity contribution in [3.63, 3.8) is 0 Å². The van der Waals surface area contributed by atoms with E-state index in [0.29, 0.717) is 12.0 Å². The molecular weight excluding hydrogens is 456 g/mol. The lowest BCUT2D eigenvalue weighted by atomic mass is 9.87. The van der Waals surface area contributed by atoms with Gasteiger partial charge in [-0.15, -0.1) is 11.3 Å². The lowest BCUT2D eigenvalue weighted by molar-refractivity contribution is -0.128. The number of hydrogen-bond donors (Lipinski definition) is 4. The predicted octanol–water partition coefficient (Wildman–Crippen LogP) is 3.14. The van der Waals surface area contributed by atoms with Crippen molar-refractivity contribution in [3.8, 4) is 0 Å². The number of likely N-dealkylation sites (tertiary alicyclic amines) is 1. The van der Waals surface area contributed by atoms with Crippen LogP contribution < -0.4 is 21.3 Å². The number of benzene rings is 1. The largest absolute Gasteiger partial charge is 0.340 e. The number of rotatable bonds is 5. The van der Waals surface area contributed by atoms with E-state index in [4.69, 9.17) is 4.98 Å². The van der Waals surface area contributed by atoms with E-state index in [0.717, 1.165) is 66.7 Å². The molecule has 4 aliphatic rings. The van der Waals surface area contributed by atoms with Crippen molar-refractivity contribution in [1.29, 1.82) is 0 Å². The second kappa shape index (κ2) is 10.8. The smallest absolute Gasteiger partial charge is 0.234 e. The Morgan fingerprint density at radius 2 is 1.83 bits per heavy atom. The Labute approximate surface area is 212 Å². The number of carbonyl (C=O) groups excluding carboxylic acids is 1. The molecule has 190 valence electrons. The van der Waals surface area contributed by atoms with Crippen molar-refractivity contribution in [2.75, 3.05) is 26.2 Å². The van der Waals surface area contributed by atoms with Crippen LogP contribution in [0.2, 0.25) is 0 Å². The van der Waals surface area contributed by atoms with Crippen molar-refractivity contribution in [2.45, 2.75) is 88.1 Å². The van der Waals surface area contributed by atoms with Crippen LogP contribution in [0.15, 0.2) is 24.3 Å². The van der Waals surface area contributed by atoms with Crippen LogP contribution in [0.25, 0.3) is 10.2 Å². The van der Waals surface area contributed by atoms with E-state index in [-0.39, 0.29) is 24.2 Å². The number of fused-ring (bicyclic) bond motifs is 1. The molecule has 4 fully saturated rings. The van der Waals surface area contributed by atoms with Gasteiger partial charge in [0.15, 0.2) is 0 Å². The van der Waals surface area contributed by atoms with Crippen molar-refractivity contribution < 1.29 is 4.79 Å². The van der Waals surface area contributed by atoms with Gasteiger partial charge in [0.05, 0.1) is 22.5 Å². The van der Waals surface area contributed by atoms with Gasteiger partial charge in [-0.25, -0.2) is 4.98 Å². The zero-order chi connectivity index (χ0) is 23.6. The normalized spacial score (nSPS) is 32.1. The van der Waals surface area contributed by atoms with Gasteiger partial charge in [0, 0.05) is 18.6 Å². The van der Waals surface area contributed by atoms with Crippen molar-refractivity contribution in [1.82, 2.24) is 31.2 Å². The first-order valence-electron chi connectivity index (χ1n) is 13.9. The number of nitrogens with zero attached hydrogens (tertiary/aromatic N) is 2. The number of piperidine rings is 2. The molecule has 3 aliphatic heterocycles. The summed E-state index contributed by atoms with van der Waals surface area (Å²) in [5, 5.41) is 15.5. The summed E-state index contributed by atoms with van der Waals surface area (Å²) >= 11 is 1.65. The molecule has 1 saturated carbocycles. The predicted molar refractivity (Wildman–Crippen MR) is 141 cm³/mol. The SMILES string of the molecule is O=C1NC(C2CCN(C3CCCCC3)CC2)NC(N[C@@H]2CCCNC2)C1c1nc2ccccc2s1. The molecule has 1 aliphatic carbocycles. The third-order valence-electron chi connectivity index (χ3n) is 8.70. The Hall–Kier alpha value is -1.58. The minimum Gasteiger partial charge on any atom is -0.340 e. The molecule has 2 aromatic rings. The highest BCUT2D eigenvalue weighted by Crippen LogP contribution is 2.33. The minimum absolute atomic E-state index is 0.0238. The molecule has 3 unspecified atom stereocenters. The Balaban J connectivity index is 1.17. The monoisotopic (exact) mass is 496 g/mol. The van der Waals surface area contributed by atoms with Crippen molar-refractivity contribution in [3.05, 3.63) is 29.3 Å². The summed E-state index contributed by atoms with van der Waals surface area (Å²) in [6.07, 6.45) is 11.5. The fraction of sp³-hybridized carbons (Fsp3) is 0.704. The fourth-order valence-corrected chi connectivity index (χ4v) is 7.82. The zero-order valence-corrected chi connectivity index (χ0v) is 21.5. The van der Waals surface area contributed by atoms with Crippen LogP contribution in [-0.2, 0) is 4.79 Å². The Morgan fingerprint density at radius 1 is 1.00 bits per heavy atom. The molecule has 6 rings (SSSR count). The average molecular weight is 497 g/mol. The van der Waals surface area contributed by atoms with Gasteiger partial charge in [-0.2, -0.15) is 0 Å². The summed E-state index contributed by atoms with van der Waals surface area (Å²) in [5.41, 5.74) is 0.982. The molecule has 1 aromatic carbocycles. The molecule has 3 saturated heterocycles. The molecule has 4 N–H and O–H groups in total. The van der Waals surface area contributed by atoms with E-state index in [9.17, 15) is 4.79 Å². The van der Waals surface area contributed by atoms with E-state index in [2.05, 4.69) is 32.2 Å². The molecule has 35 heavy (non-hydrogen) atoms. The van der Waals surface area contributed by atoms with Crippen LogP contribution in [0.3, 0.4) is 0 Å². The fourth-order valence-electron chi connectivity index (χ4n) is 6.71. The molecular formula is C27H40N6OS. The first kappa shape index (κ1) is 23.8. The lowest BCUT2D eigenvalue weighted by Gasteiger charge is -2.45. The summed E-state index contributed by atoms with van der Waals surface area (Å²) in [5.74, 6) is 0.278. The third-order valence-corrected chi connectivity index (χ3v) is 9.82. The van der Waals surface area contributed by atoms with Crippen molar-refractivity contribution in [2.24, 2.45) is 5.92 Å². The lowest BCUT2D eigenvalue weighted by Crippen LogP contribution is -2.69. The highest BCUT2D eigenvalue weighted by molar-refractivity contribution is 7.18. The quantitative estimate of drug-likeness (QED) is 0.509. The van der Waals surface area contributed by atoms with Gasteiger partial charge in [-0.3, -0.25) is 15.4 Å². The van der Waals surface area contributed by atoms with E-state index in [1.165, 1.54) is 38.5 Å². The van der Waals surface area contributed by atoms with Gasteiger partial charge in [0.1, 0.15) is 10.9 Å². The highest BCUT2D eigenvalue weighted by atomic mass is 32.1. The molecule has 0 bridgehead atoms. The number of hydrogen-bond acceptors (Lipinski definition) is 7.